The fourth-order valence-corrected chi connectivity index (χ4v) is 0.894. The summed E-state index contributed by atoms with van der Waals surface area (Å²) in [5.41, 5.74) is 0.223. The minimum Gasteiger partial charge on any atom is -0.373 e. The summed E-state index contributed by atoms with van der Waals surface area (Å²) >= 11 is 0. The molecule has 0 radical (unpaired) electrons. The monoisotopic (exact) mass is 184 g/mol. The molecule has 5 heteroatoms. The van der Waals surface area contributed by atoms with E-state index >= 15 is 0 Å². The topological polar surface area (TPSA) is 58.6 Å². The van der Waals surface area contributed by atoms with Gasteiger partial charge in [0.05, 0.1) is 6.67 Å². The van der Waals surface area contributed by atoms with Crippen molar-refractivity contribution in [2.45, 2.75) is 6.92 Å². The summed E-state index contributed by atoms with van der Waals surface area (Å²) in [7, 11) is 0. The van der Waals surface area contributed by atoms with Gasteiger partial charge in [-0.3, -0.25) is 10.2 Å². The predicted molar refractivity (Wildman–Crippen MR) is 45.9 cm³/mol. The van der Waals surface area contributed by atoms with E-state index in [0.29, 0.717) is 13.2 Å². The summed E-state index contributed by atoms with van der Waals surface area (Å²) in [5.74, 6) is -0.670. The van der Waals surface area contributed by atoms with Gasteiger partial charge < -0.3 is 4.74 Å². The minimum atomic E-state index is -0.670. The average molecular weight is 184 g/mol. The van der Waals surface area contributed by atoms with Gasteiger partial charge in [-0.2, -0.15) is 0 Å². The Morgan fingerprint density at radius 3 is 2.69 bits per heavy atom. The number of rotatable bonds is 1. The second kappa shape index (κ2) is 4.04. The molecule has 0 atom stereocenters. The van der Waals surface area contributed by atoms with Gasteiger partial charge in [-0.1, -0.05) is 6.58 Å². The highest BCUT2D eigenvalue weighted by Crippen LogP contribution is 2.00. The molecule has 0 aromatic rings. The van der Waals surface area contributed by atoms with E-state index in [1.807, 2.05) is 0 Å². The minimum absolute atomic E-state index is 0.223. The van der Waals surface area contributed by atoms with Crippen LogP contribution in [0.5, 0.6) is 0 Å². The molecule has 72 valence electrons. The zero-order valence-corrected chi connectivity index (χ0v) is 7.50. The lowest BCUT2D eigenvalue weighted by Gasteiger charge is -2.12. The first-order chi connectivity index (χ1) is 6.11. The molecule has 0 aliphatic carbocycles. The van der Waals surface area contributed by atoms with Crippen LogP contribution in [0.25, 0.3) is 0 Å². The Bertz CT molecular complexity index is 244. The summed E-state index contributed by atoms with van der Waals surface area (Å²) in [5, 5.41) is 2.95. The molecular formula is C8H12N2O3. The van der Waals surface area contributed by atoms with E-state index in [1.165, 1.54) is 11.8 Å². The quantitative estimate of drug-likeness (QED) is 0.356. The maximum absolute atomic E-state index is 11.2. The average Bonchev–Trinajstić information content (AvgIpc) is 2.55. The van der Waals surface area contributed by atoms with Crippen molar-refractivity contribution in [1.29, 1.82) is 0 Å². The van der Waals surface area contributed by atoms with E-state index in [-0.39, 0.29) is 5.57 Å². The largest absolute Gasteiger partial charge is 0.418 e. The smallest absolute Gasteiger partial charge is 0.373 e. The van der Waals surface area contributed by atoms with Crippen molar-refractivity contribution in [3.63, 3.8) is 0 Å². The van der Waals surface area contributed by atoms with Gasteiger partial charge in [0, 0.05) is 18.7 Å². The van der Waals surface area contributed by atoms with Crippen LogP contribution in [0.2, 0.25) is 0 Å². The van der Waals surface area contributed by atoms with Gasteiger partial charge >= 0.3 is 12.1 Å². The third-order valence-electron chi connectivity index (χ3n) is 1.65. The Morgan fingerprint density at radius 2 is 2.23 bits per heavy atom. The predicted octanol–water partition coefficient (Wildman–Crippen LogP) is 0.0884. The zero-order chi connectivity index (χ0) is 9.84. The first-order valence-electron chi connectivity index (χ1n) is 3.98. The van der Waals surface area contributed by atoms with Gasteiger partial charge in [-0.25, -0.2) is 9.59 Å². The molecule has 0 unspecified atom stereocenters. The third kappa shape index (κ3) is 2.55. The summed E-state index contributed by atoms with van der Waals surface area (Å²) < 4.78 is 4.50. The molecule has 1 saturated heterocycles. The Balaban J connectivity index is 2.40. The van der Waals surface area contributed by atoms with E-state index in [1.54, 1.807) is 0 Å². The zero-order valence-electron chi connectivity index (χ0n) is 7.50. The molecule has 0 aromatic carbocycles. The highest BCUT2D eigenvalue weighted by molar-refractivity contribution is 5.94. The highest BCUT2D eigenvalue weighted by atomic mass is 16.6. The van der Waals surface area contributed by atoms with Crippen LogP contribution >= 0.6 is 0 Å². The Labute approximate surface area is 76.3 Å². The lowest BCUT2D eigenvalue weighted by molar-refractivity contribution is -0.133. The second-order valence-corrected chi connectivity index (χ2v) is 2.86. The molecule has 5 nitrogen and oxygen atoms in total. The fraction of sp³-hybridized carbons (Fsp3) is 0.500. The van der Waals surface area contributed by atoms with Crippen molar-refractivity contribution < 1.29 is 14.3 Å². The molecule has 1 N–H and O–H groups in total. The number of carbonyl (C=O) groups excluding carboxylic acids is 2. The van der Waals surface area contributed by atoms with E-state index in [0.717, 1.165) is 6.54 Å². The molecular weight excluding hydrogens is 172 g/mol. The number of hydrogen-bond acceptors (Lipinski definition) is 4. The number of nitrogens with one attached hydrogen (secondary N) is 1. The Morgan fingerprint density at radius 1 is 1.54 bits per heavy atom. The molecule has 0 saturated carbocycles. The summed E-state index contributed by atoms with van der Waals surface area (Å²) in [6.45, 7) is 6.61. The molecule has 0 spiro atoms. The van der Waals surface area contributed by atoms with Gasteiger partial charge in [-0.05, 0) is 6.92 Å². The van der Waals surface area contributed by atoms with Crippen molar-refractivity contribution >= 4 is 12.1 Å². The molecule has 1 heterocycles. The molecule has 0 bridgehead atoms. The van der Waals surface area contributed by atoms with Crippen LogP contribution in [-0.2, 0) is 9.53 Å². The number of hydrogen-bond donors (Lipinski definition) is 1. The summed E-state index contributed by atoms with van der Waals surface area (Å²) in [6, 6.07) is 0. The standard InChI is InChI=1S/C8H12N2O3/c1-6(2)7(11)13-8(12)10-4-3-9-5-10/h9H,1,3-5H2,2H3. The molecule has 1 fully saturated rings. The second-order valence-electron chi connectivity index (χ2n) is 2.86. The van der Waals surface area contributed by atoms with Crippen LogP contribution in [0.3, 0.4) is 0 Å². The number of ether oxygens (including phenoxy) is 1. The molecule has 1 aliphatic heterocycles. The number of nitrogens with zero attached hydrogens (tertiary/aromatic N) is 1. The first-order valence-corrected chi connectivity index (χ1v) is 3.98. The first kappa shape index (κ1) is 9.73. The molecule has 0 aromatic heterocycles. The van der Waals surface area contributed by atoms with Gasteiger partial charge in [-0.15, -0.1) is 0 Å². The maximum Gasteiger partial charge on any atom is 0.418 e. The number of amides is 1. The lowest BCUT2D eigenvalue weighted by atomic mass is 10.4. The van der Waals surface area contributed by atoms with Crippen molar-refractivity contribution in [2.24, 2.45) is 0 Å². The molecule has 13 heavy (non-hydrogen) atoms. The SMILES string of the molecule is C=C(C)C(=O)OC(=O)N1CCNC1. The Hall–Kier alpha value is -1.36. The molecule has 1 rings (SSSR count). The van der Waals surface area contributed by atoms with E-state index in [2.05, 4.69) is 16.6 Å². The van der Waals surface area contributed by atoms with Crippen LogP contribution in [0, 0.1) is 0 Å². The summed E-state index contributed by atoms with van der Waals surface area (Å²) in [4.78, 5) is 23.5. The van der Waals surface area contributed by atoms with Crippen LogP contribution < -0.4 is 5.32 Å². The fourth-order valence-electron chi connectivity index (χ4n) is 0.894. The third-order valence-corrected chi connectivity index (χ3v) is 1.65. The highest BCUT2D eigenvalue weighted by Gasteiger charge is 2.21. The van der Waals surface area contributed by atoms with Crippen molar-refractivity contribution in [1.82, 2.24) is 10.2 Å². The van der Waals surface area contributed by atoms with Crippen LogP contribution in [0.1, 0.15) is 6.92 Å². The van der Waals surface area contributed by atoms with Crippen LogP contribution in [-0.4, -0.2) is 36.7 Å². The summed E-state index contributed by atoms with van der Waals surface area (Å²) in [6.07, 6.45) is -0.613. The normalized spacial score (nSPS) is 15.6. The van der Waals surface area contributed by atoms with Crippen LogP contribution in [0.15, 0.2) is 12.2 Å². The van der Waals surface area contributed by atoms with Gasteiger partial charge in [0.1, 0.15) is 0 Å². The number of esters is 1. The van der Waals surface area contributed by atoms with Crippen molar-refractivity contribution in [3.05, 3.63) is 12.2 Å². The van der Waals surface area contributed by atoms with Crippen LogP contribution in [0.4, 0.5) is 4.79 Å². The van der Waals surface area contributed by atoms with E-state index in [9.17, 15) is 9.59 Å². The van der Waals surface area contributed by atoms with Gasteiger partial charge in [0.2, 0.25) is 0 Å². The van der Waals surface area contributed by atoms with Crippen molar-refractivity contribution in [3.8, 4) is 0 Å². The van der Waals surface area contributed by atoms with Gasteiger partial charge in [0.25, 0.3) is 0 Å². The van der Waals surface area contributed by atoms with E-state index < -0.39 is 12.1 Å². The molecule has 1 aliphatic rings. The van der Waals surface area contributed by atoms with E-state index in [4.69, 9.17) is 0 Å². The molecule has 1 amide bonds. The Kier molecular flexibility index (Phi) is 3.02. The van der Waals surface area contributed by atoms with Crippen molar-refractivity contribution in [2.75, 3.05) is 19.8 Å². The maximum atomic E-state index is 11.2. The number of carbonyl (C=O) groups is 2. The lowest BCUT2D eigenvalue weighted by Crippen LogP contribution is -2.32. The van der Waals surface area contributed by atoms with Gasteiger partial charge in [0.15, 0.2) is 0 Å².